The van der Waals surface area contributed by atoms with Crippen LogP contribution in [0.4, 0.5) is 0 Å². The van der Waals surface area contributed by atoms with Crippen LogP contribution in [0, 0.1) is 11.8 Å². The van der Waals surface area contributed by atoms with Crippen molar-refractivity contribution in [1.29, 1.82) is 0 Å². The van der Waals surface area contributed by atoms with E-state index in [1.165, 1.54) is 0 Å². The smallest absolute Gasteiger partial charge is 0.246 e. The van der Waals surface area contributed by atoms with Crippen LogP contribution in [0.25, 0.3) is 0 Å². The molecule has 19 nitrogen and oxygen atoms in total. The number of carbonyl (C=O) groups is 7. The SMILES string of the molecule is CC[C@H](N)C(=O)N[C@@H]1C(=O)N2[C@@H](CC[C@@H]1CNC(=O)CCc1cn(C[C@H]3CC[C@H]4CC[C@@H](C(=O)NC(c5ccccc5)c5ccccc5)N4C(=O)[C@H]3NC(=O)[C@@H](N)CC)nn1)CC[C@H]2C(=O)NC(c1ccccc1)c1ccccc1.[Cl-].[Cl-]. The van der Waals surface area contributed by atoms with E-state index < -0.39 is 72.0 Å². The van der Waals surface area contributed by atoms with Gasteiger partial charge in [0.15, 0.2) is 0 Å². The van der Waals surface area contributed by atoms with E-state index in [1.54, 1.807) is 34.5 Å². The monoisotopic (exact) mass is 1160 g/mol. The molecule has 0 unspecified atom stereocenters. The van der Waals surface area contributed by atoms with E-state index in [0.29, 0.717) is 69.9 Å². The van der Waals surface area contributed by atoms with E-state index in [9.17, 15) is 33.6 Å². The summed E-state index contributed by atoms with van der Waals surface area (Å²) in [6.45, 7) is 3.91. The van der Waals surface area contributed by atoms with Crippen LogP contribution in [-0.2, 0) is 46.5 Å². The summed E-state index contributed by atoms with van der Waals surface area (Å²) in [5.74, 6) is -3.40. The van der Waals surface area contributed by atoms with E-state index in [0.717, 1.165) is 22.3 Å². The molecule has 9 N–H and O–H groups in total. The van der Waals surface area contributed by atoms with E-state index >= 15 is 0 Å². The fourth-order valence-electron chi connectivity index (χ4n) is 12.2. The first-order valence-electron chi connectivity index (χ1n) is 28.5. The molecule has 0 aliphatic carbocycles. The summed E-state index contributed by atoms with van der Waals surface area (Å²) in [5.41, 5.74) is 16.5. The molecule has 82 heavy (non-hydrogen) atoms. The van der Waals surface area contributed by atoms with Crippen molar-refractivity contribution in [2.24, 2.45) is 23.3 Å². The Kier molecular flexibility index (Phi) is 22.2. The van der Waals surface area contributed by atoms with Gasteiger partial charge in [-0.3, -0.25) is 38.2 Å². The highest BCUT2D eigenvalue weighted by Crippen LogP contribution is 2.37. The normalized spacial score (nSPS) is 23.0. The summed E-state index contributed by atoms with van der Waals surface area (Å²) in [6, 6.07) is 32.2. The van der Waals surface area contributed by atoms with Crippen molar-refractivity contribution in [3.05, 3.63) is 155 Å². The number of carbonyl (C=O) groups excluding carboxylic acids is 7. The van der Waals surface area contributed by atoms with Crippen LogP contribution in [0.2, 0.25) is 0 Å². The van der Waals surface area contributed by atoms with Gasteiger partial charge in [0.25, 0.3) is 0 Å². The van der Waals surface area contributed by atoms with Crippen LogP contribution >= 0.6 is 0 Å². The predicted molar refractivity (Wildman–Crippen MR) is 300 cm³/mol. The molecule has 4 aliphatic rings. The summed E-state index contributed by atoms with van der Waals surface area (Å²) in [7, 11) is 0. The topological polar surface area (TPSA) is 269 Å². The average molecular weight is 1160 g/mol. The van der Waals surface area contributed by atoms with Crippen molar-refractivity contribution < 1.29 is 58.4 Å². The Bertz CT molecular complexity index is 2860. The van der Waals surface area contributed by atoms with Gasteiger partial charge in [0.1, 0.15) is 24.2 Å². The molecule has 0 spiro atoms. The number of aryl methyl sites for hydroxylation is 1. The van der Waals surface area contributed by atoms with Gasteiger partial charge in [0.05, 0.1) is 29.9 Å². The van der Waals surface area contributed by atoms with Crippen LogP contribution in [0.5, 0.6) is 0 Å². The van der Waals surface area contributed by atoms with Crippen molar-refractivity contribution in [1.82, 2.24) is 51.4 Å². The van der Waals surface area contributed by atoms with Gasteiger partial charge >= 0.3 is 0 Å². The lowest BCUT2D eigenvalue weighted by atomic mass is 9.92. The fraction of sp³-hybridized carbons (Fsp3) is 0.459. The van der Waals surface area contributed by atoms with Crippen molar-refractivity contribution in [2.75, 3.05) is 6.54 Å². The fourth-order valence-corrected chi connectivity index (χ4v) is 12.2. The van der Waals surface area contributed by atoms with Crippen molar-refractivity contribution in [3.63, 3.8) is 0 Å². The molecule has 5 aromatic rings. The third-order valence-electron chi connectivity index (χ3n) is 16.8. The number of hydrogen-bond acceptors (Lipinski definition) is 11. The highest BCUT2D eigenvalue weighted by molar-refractivity contribution is 5.95. The van der Waals surface area contributed by atoms with Crippen LogP contribution in [0.1, 0.15) is 125 Å². The maximum absolute atomic E-state index is 14.9. The van der Waals surface area contributed by atoms with Gasteiger partial charge < -0.3 is 72.7 Å². The lowest BCUT2D eigenvalue weighted by molar-refractivity contribution is -0.143. The molecule has 1 aromatic heterocycles. The molecular weight excluding hydrogens is 1080 g/mol. The zero-order valence-electron chi connectivity index (χ0n) is 46.5. The largest absolute Gasteiger partial charge is 1.00 e. The minimum Gasteiger partial charge on any atom is -1.00 e. The number of rotatable bonds is 21. The Balaban J connectivity index is 0.00000484. The van der Waals surface area contributed by atoms with Gasteiger partial charge in [0, 0.05) is 56.0 Å². The molecule has 0 saturated carbocycles. The maximum Gasteiger partial charge on any atom is 0.246 e. The molecule has 438 valence electrons. The van der Waals surface area contributed by atoms with Gasteiger partial charge in [-0.05, 0) is 86.5 Å². The number of nitrogens with one attached hydrogen (secondary N) is 5. The summed E-state index contributed by atoms with van der Waals surface area (Å²) in [6.07, 6.45) is 7.16. The third-order valence-corrected chi connectivity index (χ3v) is 16.8. The zero-order chi connectivity index (χ0) is 56.3. The molecule has 9 rings (SSSR count). The lowest BCUT2D eigenvalue weighted by Crippen LogP contribution is -3.00. The number of nitrogens with two attached hydrogens (primary N) is 2. The van der Waals surface area contributed by atoms with Gasteiger partial charge in [-0.2, -0.15) is 0 Å². The molecule has 4 aliphatic heterocycles. The standard InChI is InChI=1S/C61H76N12O7.2ClH/c1-3-47(62)56(75)67-54-42(25-28-45-30-32-49(72(45)60(54)79)58(77)65-52(38-17-9-5-10-18-38)39-19-11-6-12-20-39)35-64-51(74)34-27-44-37-71(70-69-44)36-43-26-29-46-31-33-50(73(46)61(80)55(43)68-57(76)48(63)4-2)59(78)66-53(40-21-13-7-14-22-40)41-23-15-8-16-24-41;;/h5-24,37,42-43,45-50,52-55H,3-4,25-36,62-63H2,1-2H3,(H,64,74)(H,65,77)(H,66,78)(H,67,75)(H,68,76);2*1H/p-2/t42-,43-,45+,46+,47+,48+,49+,50+,54+,55+;;/m1../s1. The number of benzene rings is 4. The molecule has 0 bridgehead atoms. The molecule has 5 heterocycles. The van der Waals surface area contributed by atoms with Crippen molar-refractivity contribution in [3.8, 4) is 0 Å². The minimum absolute atomic E-state index is 0. The first-order valence-corrected chi connectivity index (χ1v) is 28.5. The number of fused-ring (bicyclic) bond motifs is 2. The molecular formula is C61H76Cl2N12O7-2. The van der Waals surface area contributed by atoms with Gasteiger partial charge in [-0.25, -0.2) is 0 Å². The van der Waals surface area contributed by atoms with Crippen LogP contribution < -0.4 is 62.9 Å². The first-order chi connectivity index (χ1) is 38.8. The Morgan fingerprint density at radius 2 is 0.951 bits per heavy atom. The Morgan fingerprint density at radius 1 is 0.561 bits per heavy atom. The van der Waals surface area contributed by atoms with Crippen molar-refractivity contribution in [2.45, 2.75) is 158 Å². The number of aromatic nitrogens is 3. The Labute approximate surface area is 492 Å². The Morgan fingerprint density at radius 3 is 1.37 bits per heavy atom. The zero-order valence-corrected chi connectivity index (χ0v) is 48.0. The number of nitrogens with zero attached hydrogens (tertiary/aromatic N) is 5. The van der Waals surface area contributed by atoms with E-state index in [-0.39, 0.29) is 92.4 Å². The Hall–Kier alpha value is -7.19. The van der Waals surface area contributed by atoms with Gasteiger partial charge in [-0.15, -0.1) is 5.10 Å². The quantitative estimate of drug-likeness (QED) is 0.0428. The van der Waals surface area contributed by atoms with E-state index in [2.05, 4.69) is 36.9 Å². The summed E-state index contributed by atoms with van der Waals surface area (Å²) in [4.78, 5) is 102. The lowest BCUT2D eigenvalue weighted by Gasteiger charge is -2.33. The summed E-state index contributed by atoms with van der Waals surface area (Å²) >= 11 is 0. The number of amides is 7. The number of hydrogen-bond donors (Lipinski definition) is 7. The van der Waals surface area contributed by atoms with Crippen LogP contribution in [-0.4, -0.2) is 121 Å². The second-order valence-electron chi connectivity index (χ2n) is 21.9. The first kappa shape index (κ1) is 62.4. The molecule has 10 atom stereocenters. The molecule has 7 amide bonds. The third kappa shape index (κ3) is 14.7. The predicted octanol–water partition coefficient (Wildman–Crippen LogP) is -1.87. The minimum atomic E-state index is -1.04. The summed E-state index contributed by atoms with van der Waals surface area (Å²) < 4.78 is 1.63. The van der Waals surface area contributed by atoms with Crippen LogP contribution in [0.15, 0.2) is 128 Å². The maximum atomic E-state index is 14.9. The van der Waals surface area contributed by atoms with E-state index in [4.69, 9.17) is 11.5 Å². The highest BCUT2D eigenvalue weighted by atomic mass is 35.5. The molecule has 4 fully saturated rings. The number of halogens is 2. The molecule has 0 radical (unpaired) electrons. The van der Waals surface area contributed by atoms with Gasteiger partial charge in [0.2, 0.25) is 41.4 Å². The second kappa shape index (κ2) is 29.2. The van der Waals surface area contributed by atoms with E-state index in [1.807, 2.05) is 121 Å². The van der Waals surface area contributed by atoms with Crippen LogP contribution in [0.3, 0.4) is 0 Å². The molecule has 4 saturated heterocycles. The average Bonchev–Trinajstić information content (AvgIpc) is 4.30. The molecule has 21 heteroatoms. The summed E-state index contributed by atoms with van der Waals surface area (Å²) in [5, 5.41) is 24.2. The molecule has 4 aromatic carbocycles. The van der Waals surface area contributed by atoms with Crippen molar-refractivity contribution >= 4 is 41.4 Å². The van der Waals surface area contributed by atoms with Gasteiger partial charge in [-0.1, -0.05) is 140 Å². The highest BCUT2D eigenvalue weighted by Gasteiger charge is 2.50. The second-order valence-corrected chi connectivity index (χ2v) is 21.9.